The SMILES string of the molecule is CCn1cc(CN2CCN(c3cccnc3N3CCC(CO)CC3)CC2)c(C)n1.Cl. The summed E-state index contributed by atoms with van der Waals surface area (Å²) in [5.41, 5.74) is 3.74. The first-order valence-corrected chi connectivity index (χ1v) is 11.0. The van der Waals surface area contributed by atoms with Crippen molar-refractivity contribution in [3.8, 4) is 0 Å². The van der Waals surface area contributed by atoms with Gasteiger partial charge in [-0.1, -0.05) is 0 Å². The number of hydrogen-bond donors (Lipinski definition) is 1. The number of rotatable bonds is 6. The number of aliphatic hydroxyl groups excluding tert-OH is 1. The second kappa shape index (κ2) is 10.5. The van der Waals surface area contributed by atoms with Gasteiger partial charge in [-0.15, -0.1) is 12.4 Å². The first-order valence-electron chi connectivity index (χ1n) is 11.0. The zero-order valence-corrected chi connectivity index (χ0v) is 19.0. The van der Waals surface area contributed by atoms with E-state index in [1.165, 1.54) is 11.3 Å². The monoisotopic (exact) mass is 434 g/mol. The quantitative estimate of drug-likeness (QED) is 0.754. The minimum Gasteiger partial charge on any atom is -0.396 e. The van der Waals surface area contributed by atoms with Gasteiger partial charge in [0.15, 0.2) is 5.82 Å². The Hall–Kier alpha value is -1.83. The zero-order chi connectivity index (χ0) is 20.2. The molecule has 0 bridgehead atoms. The fourth-order valence-electron chi connectivity index (χ4n) is 4.47. The van der Waals surface area contributed by atoms with E-state index in [1.807, 2.05) is 16.9 Å². The third-order valence-electron chi connectivity index (χ3n) is 6.42. The van der Waals surface area contributed by atoms with Gasteiger partial charge >= 0.3 is 0 Å². The molecule has 0 unspecified atom stereocenters. The Bertz CT molecular complexity index is 797. The Labute approximate surface area is 186 Å². The van der Waals surface area contributed by atoms with Crippen molar-refractivity contribution in [3.63, 3.8) is 0 Å². The van der Waals surface area contributed by atoms with E-state index < -0.39 is 0 Å². The van der Waals surface area contributed by atoms with Crippen molar-refractivity contribution in [2.75, 3.05) is 55.7 Å². The van der Waals surface area contributed by atoms with Gasteiger partial charge < -0.3 is 14.9 Å². The van der Waals surface area contributed by atoms with Gasteiger partial charge in [0.2, 0.25) is 0 Å². The molecule has 0 radical (unpaired) electrons. The molecule has 0 atom stereocenters. The predicted molar refractivity (Wildman–Crippen MR) is 124 cm³/mol. The van der Waals surface area contributed by atoms with Crippen molar-refractivity contribution in [1.82, 2.24) is 19.7 Å². The van der Waals surface area contributed by atoms with Crippen LogP contribution in [0.15, 0.2) is 24.5 Å². The van der Waals surface area contributed by atoms with Crippen LogP contribution in [0, 0.1) is 12.8 Å². The molecule has 0 spiro atoms. The third kappa shape index (κ3) is 5.07. The van der Waals surface area contributed by atoms with Crippen molar-refractivity contribution in [1.29, 1.82) is 0 Å². The van der Waals surface area contributed by atoms with Crippen LogP contribution < -0.4 is 9.80 Å². The summed E-state index contributed by atoms with van der Waals surface area (Å²) in [6, 6.07) is 4.26. The van der Waals surface area contributed by atoms with Gasteiger partial charge in [-0.25, -0.2) is 4.98 Å². The lowest BCUT2D eigenvalue weighted by molar-refractivity contribution is 0.202. The third-order valence-corrected chi connectivity index (χ3v) is 6.42. The molecule has 2 aliphatic heterocycles. The van der Waals surface area contributed by atoms with E-state index in [2.05, 4.69) is 45.9 Å². The van der Waals surface area contributed by atoms with Gasteiger partial charge in [0, 0.05) is 76.9 Å². The van der Waals surface area contributed by atoms with Gasteiger partial charge in [0.1, 0.15) is 0 Å². The Kier molecular flexibility index (Phi) is 7.97. The minimum absolute atomic E-state index is 0. The van der Waals surface area contributed by atoms with E-state index in [0.717, 1.165) is 76.7 Å². The van der Waals surface area contributed by atoms with Crippen LogP contribution in [0.2, 0.25) is 0 Å². The van der Waals surface area contributed by atoms with Crippen molar-refractivity contribution < 1.29 is 5.11 Å². The summed E-state index contributed by atoms with van der Waals surface area (Å²) in [6.45, 7) is 12.6. The summed E-state index contributed by atoms with van der Waals surface area (Å²) < 4.78 is 2.03. The molecular formula is C22H35ClN6O. The first kappa shape index (κ1) is 22.8. The Morgan fingerprint density at radius 3 is 2.43 bits per heavy atom. The summed E-state index contributed by atoms with van der Waals surface area (Å²) in [6.07, 6.45) is 6.19. The van der Waals surface area contributed by atoms with Crippen LogP contribution in [0.3, 0.4) is 0 Å². The standard InChI is InChI=1S/C22H34N6O.ClH/c1-3-28-16-20(18(2)24-28)15-25-11-13-26(14-12-25)21-5-4-8-23-22(21)27-9-6-19(17-29)7-10-27;/h4-5,8,16,19,29H,3,6-7,9-15,17H2,1-2H3;1H. The van der Waals surface area contributed by atoms with Crippen LogP contribution in [-0.4, -0.2) is 70.6 Å². The summed E-state index contributed by atoms with van der Waals surface area (Å²) in [5, 5.41) is 14.0. The minimum atomic E-state index is 0. The molecule has 166 valence electrons. The molecule has 2 aromatic heterocycles. The second-order valence-electron chi connectivity index (χ2n) is 8.32. The average Bonchev–Trinajstić information content (AvgIpc) is 3.14. The normalized spacial score (nSPS) is 18.5. The first-order chi connectivity index (χ1) is 14.2. The highest BCUT2D eigenvalue weighted by atomic mass is 35.5. The van der Waals surface area contributed by atoms with Crippen molar-refractivity contribution >= 4 is 23.9 Å². The number of nitrogens with zero attached hydrogens (tertiary/aromatic N) is 6. The molecule has 1 N–H and O–H groups in total. The molecule has 4 heterocycles. The summed E-state index contributed by atoms with van der Waals surface area (Å²) in [5.74, 6) is 1.56. The van der Waals surface area contributed by atoms with Crippen LogP contribution in [-0.2, 0) is 13.1 Å². The molecule has 2 aromatic rings. The molecule has 0 aliphatic carbocycles. The summed E-state index contributed by atoms with van der Waals surface area (Å²) in [7, 11) is 0. The van der Waals surface area contributed by atoms with E-state index in [4.69, 9.17) is 4.98 Å². The van der Waals surface area contributed by atoms with E-state index in [9.17, 15) is 5.11 Å². The molecule has 30 heavy (non-hydrogen) atoms. The largest absolute Gasteiger partial charge is 0.396 e. The number of aromatic nitrogens is 3. The number of pyridine rings is 1. The molecule has 2 saturated heterocycles. The van der Waals surface area contributed by atoms with Crippen LogP contribution in [0.4, 0.5) is 11.5 Å². The van der Waals surface area contributed by atoms with Gasteiger partial charge in [0.25, 0.3) is 0 Å². The topological polar surface area (TPSA) is 60.7 Å². The number of halogens is 1. The second-order valence-corrected chi connectivity index (χ2v) is 8.32. The van der Waals surface area contributed by atoms with Crippen molar-refractivity contribution in [2.24, 2.45) is 5.92 Å². The molecule has 2 aliphatic rings. The van der Waals surface area contributed by atoms with Gasteiger partial charge in [-0.05, 0) is 44.7 Å². The van der Waals surface area contributed by atoms with E-state index in [0.29, 0.717) is 12.5 Å². The number of piperazine rings is 1. The molecule has 0 aromatic carbocycles. The maximum atomic E-state index is 9.42. The molecule has 0 amide bonds. The Morgan fingerprint density at radius 1 is 1.07 bits per heavy atom. The molecule has 8 heteroatoms. The smallest absolute Gasteiger partial charge is 0.152 e. The zero-order valence-electron chi connectivity index (χ0n) is 18.2. The lowest BCUT2D eigenvalue weighted by Gasteiger charge is -2.39. The lowest BCUT2D eigenvalue weighted by Crippen LogP contribution is -2.46. The van der Waals surface area contributed by atoms with Gasteiger partial charge in [-0.3, -0.25) is 9.58 Å². The number of piperidine rings is 1. The van der Waals surface area contributed by atoms with Crippen LogP contribution in [0.5, 0.6) is 0 Å². The summed E-state index contributed by atoms with van der Waals surface area (Å²) >= 11 is 0. The van der Waals surface area contributed by atoms with E-state index in [1.54, 1.807) is 0 Å². The van der Waals surface area contributed by atoms with Crippen LogP contribution in [0.25, 0.3) is 0 Å². The van der Waals surface area contributed by atoms with Crippen LogP contribution in [0.1, 0.15) is 31.0 Å². The summed E-state index contributed by atoms with van der Waals surface area (Å²) in [4.78, 5) is 12.2. The molecule has 7 nitrogen and oxygen atoms in total. The van der Waals surface area contributed by atoms with Crippen molar-refractivity contribution in [3.05, 3.63) is 35.8 Å². The van der Waals surface area contributed by atoms with E-state index >= 15 is 0 Å². The fourth-order valence-corrected chi connectivity index (χ4v) is 4.47. The Balaban J connectivity index is 0.00000256. The molecule has 0 saturated carbocycles. The molecule has 2 fully saturated rings. The number of aliphatic hydroxyl groups is 1. The molecular weight excluding hydrogens is 400 g/mol. The predicted octanol–water partition coefficient (Wildman–Crippen LogP) is 2.56. The highest BCUT2D eigenvalue weighted by Gasteiger charge is 2.25. The number of aryl methyl sites for hydroxylation is 2. The Morgan fingerprint density at radius 2 is 1.80 bits per heavy atom. The maximum Gasteiger partial charge on any atom is 0.152 e. The maximum absolute atomic E-state index is 9.42. The van der Waals surface area contributed by atoms with Crippen molar-refractivity contribution in [2.45, 2.75) is 39.8 Å². The van der Waals surface area contributed by atoms with Gasteiger partial charge in [0.05, 0.1) is 11.4 Å². The highest BCUT2D eigenvalue weighted by Crippen LogP contribution is 2.31. The number of hydrogen-bond acceptors (Lipinski definition) is 6. The average molecular weight is 435 g/mol. The van der Waals surface area contributed by atoms with Crippen LogP contribution >= 0.6 is 12.4 Å². The number of anilines is 2. The fraction of sp³-hybridized carbons (Fsp3) is 0.636. The highest BCUT2D eigenvalue weighted by molar-refractivity contribution is 5.85. The van der Waals surface area contributed by atoms with Gasteiger partial charge in [-0.2, -0.15) is 5.10 Å². The lowest BCUT2D eigenvalue weighted by atomic mass is 9.98. The molecule has 4 rings (SSSR count). The van der Waals surface area contributed by atoms with E-state index in [-0.39, 0.29) is 12.4 Å².